The van der Waals surface area contributed by atoms with E-state index in [0.717, 1.165) is 38.3 Å². The summed E-state index contributed by atoms with van der Waals surface area (Å²) in [5.41, 5.74) is 1.10. The van der Waals surface area contributed by atoms with E-state index in [9.17, 15) is 10.1 Å². The van der Waals surface area contributed by atoms with Gasteiger partial charge < -0.3 is 10.2 Å². The lowest BCUT2D eigenvalue weighted by Crippen LogP contribution is -2.46. The summed E-state index contributed by atoms with van der Waals surface area (Å²) >= 11 is 0. The summed E-state index contributed by atoms with van der Waals surface area (Å²) in [6.45, 7) is 4.83. The molecule has 1 aromatic heterocycles. The highest BCUT2D eigenvalue weighted by molar-refractivity contribution is 5.56. The molecule has 7 nitrogen and oxygen atoms in total. The molecule has 1 saturated heterocycles. The van der Waals surface area contributed by atoms with Gasteiger partial charge in [-0.3, -0.25) is 15.0 Å². The van der Waals surface area contributed by atoms with E-state index < -0.39 is 4.92 Å². The van der Waals surface area contributed by atoms with Crippen LogP contribution >= 0.6 is 0 Å². The van der Waals surface area contributed by atoms with Crippen molar-refractivity contribution < 1.29 is 4.92 Å². The molecule has 1 fully saturated rings. The minimum Gasteiger partial charge on any atom is -0.356 e. The average molecular weight is 341 g/mol. The highest BCUT2D eigenvalue weighted by atomic mass is 16.6. The second-order valence-electron chi connectivity index (χ2n) is 6.34. The van der Waals surface area contributed by atoms with Crippen LogP contribution < -0.4 is 5.32 Å². The van der Waals surface area contributed by atoms with Gasteiger partial charge in [0.05, 0.1) is 11.0 Å². The molecule has 1 aliphatic rings. The Labute approximate surface area is 147 Å². The number of benzene rings is 1. The Morgan fingerprint density at radius 3 is 2.56 bits per heavy atom. The number of aromatic nitrogens is 1. The lowest BCUT2D eigenvalue weighted by molar-refractivity contribution is -0.384. The van der Waals surface area contributed by atoms with Gasteiger partial charge in [0, 0.05) is 45.0 Å². The van der Waals surface area contributed by atoms with Crippen molar-refractivity contribution >= 4 is 11.5 Å². The molecule has 0 radical (unpaired) electrons. The van der Waals surface area contributed by atoms with Crippen molar-refractivity contribution in [1.82, 2.24) is 14.8 Å². The van der Waals surface area contributed by atoms with Gasteiger partial charge in [-0.2, -0.15) is 0 Å². The molecular weight excluding hydrogens is 318 g/mol. The van der Waals surface area contributed by atoms with Gasteiger partial charge in [-0.05, 0) is 18.7 Å². The fourth-order valence-corrected chi connectivity index (χ4v) is 3.03. The highest BCUT2D eigenvalue weighted by Crippen LogP contribution is 2.26. The molecule has 132 valence electrons. The van der Waals surface area contributed by atoms with Crippen LogP contribution in [-0.4, -0.2) is 59.5 Å². The maximum Gasteiger partial charge on any atom is 0.311 e. The first-order valence-corrected chi connectivity index (χ1v) is 8.45. The Kier molecular flexibility index (Phi) is 5.57. The molecule has 1 aromatic carbocycles. The first kappa shape index (κ1) is 17.3. The largest absolute Gasteiger partial charge is 0.356 e. The van der Waals surface area contributed by atoms with E-state index in [-0.39, 0.29) is 11.7 Å². The molecule has 2 heterocycles. The molecule has 1 atom stereocenters. The van der Waals surface area contributed by atoms with Crippen molar-refractivity contribution in [2.45, 2.75) is 6.04 Å². The molecule has 2 aromatic rings. The smallest absolute Gasteiger partial charge is 0.311 e. The summed E-state index contributed by atoms with van der Waals surface area (Å²) in [6, 6.07) is 13.0. The van der Waals surface area contributed by atoms with Crippen LogP contribution in [-0.2, 0) is 0 Å². The number of likely N-dealkylation sites (N-methyl/N-ethyl adjacent to an activating group) is 1. The number of nitrogens with zero attached hydrogens (tertiary/aromatic N) is 4. The molecule has 7 heteroatoms. The molecule has 0 aliphatic carbocycles. The average Bonchev–Trinajstić information content (AvgIpc) is 2.64. The molecule has 0 spiro atoms. The standard InChI is InChI=1S/C18H23N5O2/c1-21-10-12-22(13-11-21)14-16(15-6-3-2-4-7-15)20-18-17(23(24)25)8-5-9-19-18/h2-9,16H,10-14H2,1H3,(H,19,20)/t16-/m1/s1. The molecule has 3 rings (SSSR count). The normalized spacial score (nSPS) is 17.2. The van der Waals surface area contributed by atoms with Crippen molar-refractivity contribution in [2.24, 2.45) is 0 Å². The van der Waals surface area contributed by atoms with Crippen LogP contribution in [0.4, 0.5) is 11.5 Å². The van der Waals surface area contributed by atoms with Gasteiger partial charge in [-0.15, -0.1) is 0 Å². The zero-order chi connectivity index (χ0) is 17.6. The SMILES string of the molecule is CN1CCN(C[C@@H](Nc2ncccc2[N+](=O)[O-])c2ccccc2)CC1. The van der Waals surface area contributed by atoms with Crippen molar-refractivity contribution in [2.75, 3.05) is 45.1 Å². The van der Waals surface area contributed by atoms with E-state index in [1.807, 2.05) is 30.3 Å². The number of hydrogen-bond acceptors (Lipinski definition) is 6. The summed E-state index contributed by atoms with van der Waals surface area (Å²) in [7, 11) is 2.13. The van der Waals surface area contributed by atoms with Crippen molar-refractivity contribution in [3.63, 3.8) is 0 Å². The van der Waals surface area contributed by atoms with E-state index in [2.05, 4.69) is 27.1 Å². The van der Waals surface area contributed by atoms with Crippen LogP contribution in [0.2, 0.25) is 0 Å². The molecule has 25 heavy (non-hydrogen) atoms. The second-order valence-corrected chi connectivity index (χ2v) is 6.34. The minimum absolute atomic E-state index is 0.00167. The van der Waals surface area contributed by atoms with Crippen LogP contribution in [0.3, 0.4) is 0 Å². The minimum atomic E-state index is -0.396. The zero-order valence-corrected chi connectivity index (χ0v) is 14.3. The number of piperazine rings is 1. The summed E-state index contributed by atoms with van der Waals surface area (Å²) < 4.78 is 0. The molecule has 0 amide bonds. The number of rotatable bonds is 6. The van der Waals surface area contributed by atoms with Gasteiger partial charge >= 0.3 is 5.69 Å². The third-order valence-electron chi connectivity index (χ3n) is 4.53. The molecular formula is C18H23N5O2. The Morgan fingerprint density at radius 2 is 1.88 bits per heavy atom. The zero-order valence-electron chi connectivity index (χ0n) is 14.3. The fraction of sp³-hybridized carbons (Fsp3) is 0.389. The summed E-state index contributed by atoms with van der Waals surface area (Å²) in [5, 5.41) is 14.6. The molecule has 0 saturated carbocycles. The van der Waals surface area contributed by atoms with E-state index in [1.165, 1.54) is 6.07 Å². The quantitative estimate of drug-likeness (QED) is 0.642. The summed E-state index contributed by atoms with van der Waals surface area (Å²) in [5.74, 6) is 0.315. The van der Waals surface area contributed by atoms with Gasteiger partial charge in [-0.25, -0.2) is 4.98 Å². The predicted molar refractivity (Wildman–Crippen MR) is 97.6 cm³/mol. The Bertz CT molecular complexity index is 702. The van der Waals surface area contributed by atoms with Crippen molar-refractivity contribution in [3.8, 4) is 0 Å². The third kappa shape index (κ3) is 4.52. The number of nitro groups is 1. The summed E-state index contributed by atoms with van der Waals surface area (Å²) in [4.78, 5) is 19.8. The topological polar surface area (TPSA) is 74.5 Å². The highest BCUT2D eigenvalue weighted by Gasteiger charge is 2.23. The van der Waals surface area contributed by atoms with E-state index >= 15 is 0 Å². The number of pyridine rings is 1. The van der Waals surface area contributed by atoms with Crippen LogP contribution in [0.5, 0.6) is 0 Å². The lowest BCUT2D eigenvalue weighted by Gasteiger charge is -2.35. The van der Waals surface area contributed by atoms with E-state index in [0.29, 0.717) is 5.82 Å². The van der Waals surface area contributed by atoms with E-state index in [4.69, 9.17) is 0 Å². The number of hydrogen-bond donors (Lipinski definition) is 1. The second kappa shape index (κ2) is 8.04. The first-order chi connectivity index (χ1) is 12.1. The van der Waals surface area contributed by atoms with Gasteiger partial charge in [0.15, 0.2) is 0 Å². The van der Waals surface area contributed by atoms with Crippen LogP contribution in [0.25, 0.3) is 0 Å². The van der Waals surface area contributed by atoms with Gasteiger partial charge in [0.1, 0.15) is 0 Å². The maximum atomic E-state index is 11.3. The molecule has 0 unspecified atom stereocenters. The van der Waals surface area contributed by atoms with Crippen LogP contribution in [0, 0.1) is 10.1 Å². The predicted octanol–water partition coefficient (Wildman–Crippen LogP) is 2.39. The maximum absolute atomic E-state index is 11.3. The molecule has 0 bridgehead atoms. The number of nitrogens with one attached hydrogen (secondary N) is 1. The molecule has 1 N–H and O–H groups in total. The van der Waals surface area contributed by atoms with Crippen molar-refractivity contribution in [1.29, 1.82) is 0 Å². The Morgan fingerprint density at radius 1 is 1.16 bits per heavy atom. The van der Waals surface area contributed by atoms with Crippen LogP contribution in [0.1, 0.15) is 11.6 Å². The Hall–Kier alpha value is -2.51. The van der Waals surface area contributed by atoms with Gasteiger partial charge in [0.2, 0.25) is 5.82 Å². The van der Waals surface area contributed by atoms with Crippen molar-refractivity contribution in [3.05, 3.63) is 64.3 Å². The first-order valence-electron chi connectivity index (χ1n) is 8.45. The molecule has 1 aliphatic heterocycles. The van der Waals surface area contributed by atoms with Crippen LogP contribution in [0.15, 0.2) is 48.7 Å². The fourth-order valence-electron chi connectivity index (χ4n) is 3.03. The Balaban J connectivity index is 1.81. The van der Waals surface area contributed by atoms with Gasteiger partial charge in [-0.1, -0.05) is 30.3 Å². The lowest BCUT2D eigenvalue weighted by atomic mass is 10.1. The third-order valence-corrected chi connectivity index (χ3v) is 4.53. The number of anilines is 1. The monoisotopic (exact) mass is 341 g/mol. The van der Waals surface area contributed by atoms with Gasteiger partial charge in [0.25, 0.3) is 0 Å². The summed E-state index contributed by atoms with van der Waals surface area (Å²) in [6.07, 6.45) is 1.58. The van der Waals surface area contributed by atoms with E-state index in [1.54, 1.807) is 12.3 Å².